The summed E-state index contributed by atoms with van der Waals surface area (Å²) in [5.41, 5.74) is 1.48. The largest absolute Gasteiger partial charge is 0.244 e. The van der Waals surface area contributed by atoms with E-state index in [9.17, 15) is 0 Å². The Balaban J connectivity index is 1.69. The maximum absolute atomic E-state index is 4.76. The summed E-state index contributed by atoms with van der Waals surface area (Å²) in [5.74, 6) is 1.14. The Morgan fingerprint density at radius 1 is 0.465 bits per heavy atom. The minimum atomic E-state index is 0.496. The fourth-order valence-electron chi connectivity index (χ4n) is 7.01. The van der Waals surface area contributed by atoms with Gasteiger partial charge in [-0.1, -0.05) is 215 Å². The summed E-state index contributed by atoms with van der Waals surface area (Å²) < 4.78 is 0. The smallest absolute Gasteiger partial charge is 0.0965 e. The van der Waals surface area contributed by atoms with E-state index < -0.39 is 0 Å². The summed E-state index contributed by atoms with van der Waals surface area (Å²) in [5, 5.41) is 0. The zero-order chi connectivity index (χ0) is 30.5. The van der Waals surface area contributed by atoms with Crippen LogP contribution in [0.5, 0.6) is 0 Å². The van der Waals surface area contributed by atoms with Gasteiger partial charge in [-0.2, -0.15) is 0 Å². The van der Waals surface area contributed by atoms with Gasteiger partial charge in [0.05, 0.1) is 5.92 Å². The first-order valence-corrected chi connectivity index (χ1v) is 19.3. The molecule has 43 heavy (non-hydrogen) atoms. The zero-order valence-electron chi connectivity index (χ0n) is 28.9. The number of benzene rings is 1. The van der Waals surface area contributed by atoms with Crippen LogP contribution < -0.4 is 0 Å². The third-order valence-corrected chi connectivity index (χ3v) is 9.77. The van der Waals surface area contributed by atoms with Gasteiger partial charge < -0.3 is 0 Å². The average Bonchev–Trinajstić information content (AvgIpc) is 3.57. The molecule has 0 saturated carbocycles. The normalized spacial score (nSPS) is 14.1. The van der Waals surface area contributed by atoms with Gasteiger partial charge in [0.2, 0.25) is 6.17 Å². The van der Waals surface area contributed by atoms with E-state index in [-0.39, 0.29) is 0 Å². The van der Waals surface area contributed by atoms with Crippen molar-refractivity contribution in [1.29, 1.82) is 0 Å². The summed E-state index contributed by atoms with van der Waals surface area (Å²) in [7, 11) is 0. The Morgan fingerprint density at radius 2 is 0.837 bits per heavy atom. The number of rotatable bonds is 31. The van der Waals surface area contributed by atoms with E-state index in [1.54, 1.807) is 0 Å². The monoisotopic (exact) mass is 592 g/mol. The van der Waals surface area contributed by atoms with Crippen LogP contribution >= 0.6 is 0 Å². The van der Waals surface area contributed by atoms with Crippen molar-refractivity contribution < 1.29 is 0 Å². The second-order valence-corrected chi connectivity index (χ2v) is 13.7. The second-order valence-electron chi connectivity index (χ2n) is 13.7. The quantitative estimate of drug-likeness (QED) is 0.0606. The molecule has 1 heterocycles. The van der Waals surface area contributed by atoms with Gasteiger partial charge in [-0.3, -0.25) is 0 Å². The molecule has 0 amide bonds. The number of aliphatic imine (C=N–C) groups is 2. The van der Waals surface area contributed by atoms with Gasteiger partial charge in [-0.25, -0.2) is 0 Å². The van der Waals surface area contributed by atoms with Crippen molar-refractivity contribution >= 4 is 12.4 Å². The Bertz CT molecular complexity index is 757. The highest BCUT2D eigenvalue weighted by Gasteiger charge is 2.35. The van der Waals surface area contributed by atoms with E-state index in [0.717, 1.165) is 12.6 Å². The first-order chi connectivity index (χ1) is 21.3. The van der Waals surface area contributed by atoms with Crippen LogP contribution in [0.1, 0.15) is 193 Å². The van der Waals surface area contributed by atoms with E-state index >= 15 is 0 Å². The minimum absolute atomic E-state index is 0.496. The van der Waals surface area contributed by atoms with Gasteiger partial charge >= 0.3 is 0 Å². The fourth-order valence-corrected chi connectivity index (χ4v) is 7.01. The molecule has 0 bridgehead atoms. The number of unbranched alkanes of at least 4 members (excludes halogenated alkanes) is 23. The van der Waals surface area contributed by atoms with Crippen LogP contribution in [0.25, 0.3) is 0 Å². The van der Waals surface area contributed by atoms with Crippen LogP contribution in [0.3, 0.4) is 0 Å². The molecule has 244 valence electrons. The minimum Gasteiger partial charge on any atom is -0.0965 e. The molecule has 2 rings (SSSR count). The highest BCUT2D eigenvalue weighted by atomic mass is 15.0. The standard InChI is InChI=1S/C41H71N2/c1-3-5-7-9-11-13-15-17-19-21-23-25-30-34-40(41-42-35-36-43-41)39(37-38-31-27-26-28-32-38)33-29-24-22-20-18-16-14-12-10-8-6-4-2/h26-28,31-32,35-36,39-40H,3-25,29-30,33-34,37H2,1-2H3/q+1. The topological polar surface area (TPSA) is 24.7 Å². The van der Waals surface area contributed by atoms with Crippen molar-refractivity contribution in [2.75, 3.05) is 0 Å². The van der Waals surface area contributed by atoms with Crippen LogP contribution in [0, 0.1) is 18.0 Å². The van der Waals surface area contributed by atoms with E-state index in [2.05, 4.69) is 44.2 Å². The Hall–Kier alpha value is -1.57. The van der Waals surface area contributed by atoms with E-state index in [1.807, 2.05) is 12.4 Å². The lowest BCUT2D eigenvalue weighted by Crippen LogP contribution is -2.22. The maximum atomic E-state index is 4.76. The third kappa shape index (κ3) is 20.2. The van der Waals surface area contributed by atoms with Gasteiger partial charge in [0.1, 0.15) is 0 Å². The van der Waals surface area contributed by atoms with E-state index in [0.29, 0.717) is 11.8 Å². The lowest BCUT2D eigenvalue weighted by atomic mass is 9.78. The zero-order valence-corrected chi connectivity index (χ0v) is 28.9. The molecule has 0 radical (unpaired) electrons. The molecule has 2 nitrogen and oxygen atoms in total. The molecule has 0 aromatic heterocycles. The average molecular weight is 592 g/mol. The molecule has 0 saturated heterocycles. The Kier molecular flexibility index (Phi) is 24.4. The molecule has 1 aromatic carbocycles. The van der Waals surface area contributed by atoms with Gasteiger partial charge in [-0.15, -0.1) is 0 Å². The number of nitrogens with zero attached hydrogens (tertiary/aromatic N) is 2. The highest BCUT2D eigenvalue weighted by molar-refractivity contribution is 6.18. The summed E-state index contributed by atoms with van der Waals surface area (Å²) in [6.07, 6.45) is 44.1. The first kappa shape index (κ1) is 37.6. The maximum Gasteiger partial charge on any atom is 0.244 e. The van der Waals surface area contributed by atoms with Crippen molar-refractivity contribution in [2.45, 2.75) is 194 Å². The SMILES string of the molecule is CCCCCCCCCCCCCCCC([C+]1N=CC=N1)C(CCCCCCCCCCCCCC)Cc1ccccc1. The van der Waals surface area contributed by atoms with Crippen molar-refractivity contribution in [3.63, 3.8) is 0 Å². The molecule has 0 N–H and O–H groups in total. The summed E-state index contributed by atoms with van der Waals surface area (Å²) in [6.45, 7) is 4.61. The van der Waals surface area contributed by atoms with Crippen molar-refractivity contribution in [3.8, 4) is 0 Å². The molecule has 0 aliphatic carbocycles. The van der Waals surface area contributed by atoms with Crippen molar-refractivity contribution in [3.05, 3.63) is 42.1 Å². The number of hydrogen-bond donors (Lipinski definition) is 0. The Labute approximate surface area is 269 Å². The predicted molar refractivity (Wildman–Crippen MR) is 193 cm³/mol. The molecular weight excluding hydrogens is 520 g/mol. The van der Waals surface area contributed by atoms with Crippen molar-refractivity contribution in [1.82, 2.24) is 0 Å². The van der Waals surface area contributed by atoms with Crippen LogP contribution in [-0.2, 0) is 6.42 Å². The molecule has 1 aliphatic rings. The van der Waals surface area contributed by atoms with Crippen LogP contribution in [0.15, 0.2) is 40.3 Å². The summed E-state index contributed by atoms with van der Waals surface area (Å²) >= 11 is 0. The van der Waals surface area contributed by atoms with Crippen molar-refractivity contribution in [2.24, 2.45) is 21.8 Å². The number of hydrogen-bond acceptors (Lipinski definition) is 2. The van der Waals surface area contributed by atoms with Crippen LogP contribution in [-0.4, -0.2) is 12.4 Å². The third-order valence-electron chi connectivity index (χ3n) is 9.77. The molecule has 2 heteroatoms. The summed E-state index contributed by atoms with van der Waals surface area (Å²) in [6, 6.07) is 11.2. The highest BCUT2D eigenvalue weighted by Crippen LogP contribution is 2.37. The summed E-state index contributed by atoms with van der Waals surface area (Å²) in [4.78, 5) is 9.52. The van der Waals surface area contributed by atoms with Crippen LogP contribution in [0.2, 0.25) is 0 Å². The lowest BCUT2D eigenvalue weighted by Gasteiger charge is -2.26. The first-order valence-electron chi connectivity index (χ1n) is 19.3. The molecular formula is C41H71N2+. The van der Waals surface area contributed by atoms with E-state index in [4.69, 9.17) is 9.98 Å². The molecule has 2 unspecified atom stereocenters. The lowest BCUT2D eigenvalue weighted by molar-refractivity contribution is 0.284. The fraction of sp³-hybridized carbons (Fsp3) is 0.780. The van der Waals surface area contributed by atoms with Gasteiger partial charge in [0, 0.05) is 0 Å². The Morgan fingerprint density at radius 3 is 1.26 bits per heavy atom. The molecule has 0 spiro atoms. The van der Waals surface area contributed by atoms with Gasteiger partial charge in [0.15, 0.2) is 12.4 Å². The van der Waals surface area contributed by atoms with Gasteiger partial charge in [0.25, 0.3) is 0 Å². The molecule has 1 aliphatic heterocycles. The van der Waals surface area contributed by atoms with Gasteiger partial charge in [-0.05, 0) is 30.7 Å². The predicted octanol–water partition coefficient (Wildman–Crippen LogP) is 13.7. The molecule has 2 atom stereocenters. The van der Waals surface area contributed by atoms with E-state index in [1.165, 1.54) is 179 Å². The molecule has 1 aromatic rings. The molecule has 0 fully saturated rings. The van der Waals surface area contributed by atoms with Crippen LogP contribution in [0.4, 0.5) is 0 Å². The second kappa shape index (κ2) is 27.9.